The second-order valence-electron chi connectivity index (χ2n) is 6.16. The van der Waals surface area contributed by atoms with Gasteiger partial charge in [-0.15, -0.1) is 0 Å². The Kier molecular flexibility index (Phi) is 5.19. The van der Waals surface area contributed by atoms with Gasteiger partial charge in [-0.3, -0.25) is 9.69 Å². The van der Waals surface area contributed by atoms with Gasteiger partial charge in [-0.25, -0.2) is 0 Å². The first-order chi connectivity index (χ1) is 9.06. The molecule has 2 aliphatic heterocycles. The maximum Gasteiger partial charge on any atom is 0.237 e. The Morgan fingerprint density at radius 1 is 1.47 bits per heavy atom. The van der Waals surface area contributed by atoms with Gasteiger partial charge in [0, 0.05) is 19.1 Å². The van der Waals surface area contributed by atoms with E-state index in [0.717, 1.165) is 19.0 Å². The Morgan fingerprint density at radius 3 is 2.74 bits per heavy atom. The molecule has 0 spiro atoms. The Labute approximate surface area is 115 Å². The summed E-state index contributed by atoms with van der Waals surface area (Å²) in [5.41, 5.74) is 0. The molecule has 2 heterocycles. The number of likely N-dealkylation sites (tertiary alicyclic amines) is 1. The molecule has 2 fully saturated rings. The van der Waals surface area contributed by atoms with Crippen molar-refractivity contribution in [3.8, 4) is 0 Å². The van der Waals surface area contributed by atoms with Gasteiger partial charge in [0.15, 0.2) is 0 Å². The number of amides is 1. The number of carbonyl (C=O) groups excluding carboxylic acids is 1. The average molecular weight is 269 g/mol. The lowest BCUT2D eigenvalue weighted by Gasteiger charge is -2.35. The second-order valence-corrected chi connectivity index (χ2v) is 6.16. The minimum absolute atomic E-state index is 0.0220. The van der Waals surface area contributed by atoms with E-state index in [9.17, 15) is 9.90 Å². The van der Waals surface area contributed by atoms with E-state index < -0.39 is 0 Å². The molecule has 3 N–H and O–H groups in total. The fourth-order valence-corrected chi connectivity index (χ4v) is 2.89. The predicted octanol–water partition coefficient (Wildman–Crippen LogP) is -0.0542. The summed E-state index contributed by atoms with van der Waals surface area (Å²) in [6, 6.07) is 0.173. The average Bonchev–Trinajstić information content (AvgIpc) is 2.83. The quantitative estimate of drug-likeness (QED) is 0.669. The predicted molar refractivity (Wildman–Crippen MR) is 74.9 cm³/mol. The molecular weight excluding hydrogens is 242 g/mol. The maximum atomic E-state index is 11.9. The normalized spacial score (nSPS) is 31.3. The minimum Gasteiger partial charge on any atom is -0.392 e. The van der Waals surface area contributed by atoms with E-state index in [-0.39, 0.29) is 18.1 Å². The van der Waals surface area contributed by atoms with Crippen LogP contribution < -0.4 is 10.6 Å². The fraction of sp³-hybridized carbons (Fsp3) is 0.929. The van der Waals surface area contributed by atoms with Gasteiger partial charge < -0.3 is 15.7 Å². The lowest BCUT2D eigenvalue weighted by Crippen LogP contribution is -2.48. The molecule has 1 amide bonds. The molecule has 2 rings (SSSR count). The second kappa shape index (κ2) is 6.68. The van der Waals surface area contributed by atoms with Crippen LogP contribution in [-0.4, -0.2) is 60.3 Å². The van der Waals surface area contributed by atoms with Crippen LogP contribution in [0.2, 0.25) is 0 Å². The van der Waals surface area contributed by atoms with Gasteiger partial charge in [0.25, 0.3) is 0 Å². The van der Waals surface area contributed by atoms with Crippen LogP contribution in [-0.2, 0) is 4.79 Å². The number of carbonyl (C=O) groups is 1. The van der Waals surface area contributed by atoms with Gasteiger partial charge in [-0.05, 0) is 45.2 Å². The van der Waals surface area contributed by atoms with E-state index in [2.05, 4.69) is 29.4 Å². The number of β-amino-alcohol motifs (C(OH)–C–C–N with tert-alkyl or cyclic N) is 1. The van der Waals surface area contributed by atoms with Gasteiger partial charge in [0.2, 0.25) is 5.91 Å². The molecule has 0 bridgehead atoms. The first-order valence-corrected chi connectivity index (χ1v) is 7.49. The smallest absolute Gasteiger partial charge is 0.237 e. The zero-order chi connectivity index (χ0) is 13.8. The van der Waals surface area contributed by atoms with Crippen LogP contribution in [0.4, 0.5) is 0 Å². The van der Waals surface area contributed by atoms with E-state index in [1.807, 2.05) is 0 Å². The molecular formula is C14H27N3O2. The topological polar surface area (TPSA) is 64.6 Å². The molecule has 19 heavy (non-hydrogen) atoms. The van der Waals surface area contributed by atoms with Crippen molar-refractivity contribution in [1.82, 2.24) is 15.5 Å². The third kappa shape index (κ3) is 4.16. The van der Waals surface area contributed by atoms with E-state index in [1.54, 1.807) is 0 Å². The van der Waals surface area contributed by atoms with Crippen molar-refractivity contribution in [2.45, 2.75) is 51.3 Å². The van der Waals surface area contributed by atoms with Crippen molar-refractivity contribution in [3.05, 3.63) is 0 Å². The summed E-state index contributed by atoms with van der Waals surface area (Å²) in [6.07, 6.45) is 2.67. The zero-order valence-corrected chi connectivity index (χ0v) is 12.1. The number of hydrogen-bond donors (Lipinski definition) is 3. The number of aliphatic hydroxyl groups is 1. The molecule has 0 aliphatic carbocycles. The number of piperidine rings is 1. The highest BCUT2D eigenvalue weighted by Gasteiger charge is 2.28. The van der Waals surface area contributed by atoms with Crippen LogP contribution in [0.3, 0.4) is 0 Å². The zero-order valence-electron chi connectivity index (χ0n) is 12.1. The standard InChI is InChI=1S/C14H27N3O2/c1-10-3-5-17(6-4-10)11(2)8-16-14(19)13-7-12(18)9-15-13/h10-13,15,18H,3-9H2,1-2H3,(H,16,19). The molecule has 5 heteroatoms. The van der Waals surface area contributed by atoms with Crippen molar-refractivity contribution < 1.29 is 9.90 Å². The summed E-state index contributed by atoms with van der Waals surface area (Å²) in [4.78, 5) is 14.4. The van der Waals surface area contributed by atoms with Crippen LogP contribution in [0, 0.1) is 5.92 Å². The van der Waals surface area contributed by atoms with Gasteiger partial charge in [-0.1, -0.05) is 6.92 Å². The first-order valence-electron chi connectivity index (χ1n) is 7.49. The highest BCUT2D eigenvalue weighted by molar-refractivity contribution is 5.82. The van der Waals surface area contributed by atoms with E-state index in [0.29, 0.717) is 25.6 Å². The van der Waals surface area contributed by atoms with E-state index in [4.69, 9.17) is 0 Å². The van der Waals surface area contributed by atoms with Crippen molar-refractivity contribution in [1.29, 1.82) is 0 Å². The first kappa shape index (κ1) is 14.8. The largest absolute Gasteiger partial charge is 0.392 e. The van der Waals surface area contributed by atoms with Crippen molar-refractivity contribution >= 4 is 5.91 Å². The SMILES string of the molecule is CC1CCN(C(C)CNC(=O)C2CC(O)CN2)CC1. The molecule has 3 unspecified atom stereocenters. The Balaban J connectivity index is 1.68. The molecule has 2 saturated heterocycles. The maximum absolute atomic E-state index is 11.9. The molecule has 0 aromatic heterocycles. The Morgan fingerprint density at radius 2 is 2.16 bits per heavy atom. The summed E-state index contributed by atoms with van der Waals surface area (Å²) >= 11 is 0. The monoisotopic (exact) mass is 269 g/mol. The number of rotatable bonds is 4. The third-order valence-corrected chi connectivity index (χ3v) is 4.44. The number of hydrogen-bond acceptors (Lipinski definition) is 4. The molecule has 0 aromatic carbocycles. The number of nitrogens with one attached hydrogen (secondary N) is 2. The third-order valence-electron chi connectivity index (χ3n) is 4.44. The molecule has 2 aliphatic rings. The Bertz CT molecular complexity index is 303. The van der Waals surface area contributed by atoms with Crippen LogP contribution in [0.15, 0.2) is 0 Å². The van der Waals surface area contributed by atoms with Crippen molar-refractivity contribution in [2.75, 3.05) is 26.2 Å². The van der Waals surface area contributed by atoms with Crippen LogP contribution in [0.5, 0.6) is 0 Å². The Hall–Kier alpha value is -0.650. The molecule has 0 radical (unpaired) electrons. The summed E-state index contributed by atoms with van der Waals surface area (Å²) in [5, 5.41) is 15.4. The van der Waals surface area contributed by atoms with Crippen molar-refractivity contribution in [2.24, 2.45) is 5.92 Å². The molecule has 0 aromatic rings. The van der Waals surface area contributed by atoms with Crippen molar-refractivity contribution in [3.63, 3.8) is 0 Å². The summed E-state index contributed by atoms with van der Waals surface area (Å²) < 4.78 is 0. The number of nitrogens with zero attached hydrogens (tertiary/aromatic N) is 1. The van der Waals surface area contributed by atoms with Gasteiger partial charge >= 0.3 is 0 Å². The minimum atomic E-state index is -0.378. The molecule has 110 valence electrons. The molecule has 0 saturated carbocycles. The lowest BCUT2D eigenvalue weighted by molar-refractivity contribution is -0.123. The van der Waals surface area contributed by atoms with Crippen LogP contribution >= 0.6 is 0 Å². The van der Waals surface area contributed by atoms with E-state index >= 15 is 0 Å². The van der Waals surface area contributed by atoms with Gasteiger partial charge in [0.05, 0.1) is 12.1 Å². The fourth-order valence-electron chi connectivity index (χ4n) is 2.89. The number of aliphatic hydroxyl groups excluding tert-OH is 1. The molecule has 5 nitrogen and oxygen atoms in total. The molecule has 3 atom stereocenters. The lowest BCUT2D eigenvalue weighted by atomic mass is 9.98. The van der Waals surface area contributed by atoms with Crippen LogP contribution in [0.1, 0.15) is 33.1 Å². The summed E-state index contributed by atoms with van der Waals surface area (Å²) in [6.45, 7) is 7.98. The summed E-state index contributed by atoms with van der Waals surface area (Å²) in [7, 11) is 0. The highest BCUT2D eigenvalue weighted by Crippen LogP contribution is 2.17. The van der Waals surface area contributed by atoms with Gasteiger partial charge in [0.1, 0.15) is 0 Å². The highest BCUT2D eigenvalue weighted by atomic mass is 16.3. The van der Waals surface area contributed by atoms with Gasteiger partial charge in [-0.2, -0.15) is 0 Å². The van der Waals surface area contributed by atoms with E-state index in [1.165, 1.54) is 12.8 Å². The summed E-state index contributed by atoms with van der Waals surface area (Å²) in [5.74, 6) is 0.857. The van der Waals surface area contributed by atoms with Crippen LogP contribution in [0.25, 0.3) is 0 Å².